The van der Waals surface area contributed by atoms with E-state index in [4.69, 9.17) is 25.5 Å². The van der Waals surface area contributed by atoms with Gasteiger partial charge in [0.05, 0.1) is 30.9 Å². The van der Waals surface area contributed by atoms with E-state index in [-0.39, 0.29) is 11.9 Å². The number of pyridine rings is 1. The summed E-state index contributed by atoms with van der Waals surface area (Å²) in [4.78, 5) is 50.5. The second kappa shape index (κ2) is 58.4. The molecule has 0 aliphatic heterocycles. The van der Waals surface area contributed by atoms with Crippen LogP contribution in [0, 0.1) is 6.57 Å². The summed E-state index contributed by atoms with van der Waals surface area (Å²) >= 11 is 3.48. The number of phenols is 1. The Kier molecular flexibility index (Phi) is 47.5. The maximum absolute atomic E-state index is 11.6. The van der Waals surface area contributed by atoms with Crippen molar-refractivity contribution in [2.24, 2.45) is 0 Å². The number of unbranched alkanes of at least 4 members (excludes halogenated alkanes) is 15. The molecule has 0 aliphatic carbocycles. The van der Waals surface area contributed by atoms with Crippen molar-refractivity contribution in [1.82, 2.24) is 50.8 Å². The van der Waals surface area contributed by atoms with E-state index in [1.165, 1.54) is 150 Å². The molecule has 7 heterocycles. The fourth-order valence-electron chi connectivity index (χ4n) is 14.4. The number of nitrogens with one attached hydrogen (secondary N) is 9. The Bertz CT molecular complexity index is 4790. The topological polar surface area (TPSA) is 239 Å². The summed E-state index contributed by atoms with van der Waals surface area (Å²) in [6.45, 7) is 31.6. The minimum absolute atomic E-state index is 0.0500. The average Bonchev–Trinajstić information content (AvgIpc) is 1.70. The summed E-state index contributed by atoms with van der Waals surface area (Å²) in [6.07, 6.45) is 48.7. The van der Waals surface area contributed by atoms with Crippen LogP contribution >= 0.6 is 15.9 Å². The molecule has 1 amide bonds. The van der Waals surface area contributed by atoms with Crippen LogP contribution in [0.15, 0.2) is 146 Å². The van der Waals surface area contributed by atoms with Gasteiger partial charge < -0.3 is 74.8 Å². The van der Waals surface area contributed by atoms with Gasteiger partial charge in [-0.05, 0) is 241 Å². The summed E-state index contributed by atoms with van der Waals surface area (Å²) in [5, 5.41) is 26.4. The molecule has 5 aromatic carbocycles. The lowest BCUT2D eigenvalue weighted by Crippen LogP contribution is -2.24. The number of aryl methyl sites for hydroxylation is 3. The monoisotopic (exact) mass is 1690 g/mol. The molecule has 0 atom stereocenters. The molecule has 12 rings (SSSR count). The van der Waals surface area contributed by atoms with Crippen molar-refractivity contribution in [3.8, 4) is 28.9 Å². The van der Waals surface area contributed by atoms with Gasteiger partial charge in [-0.2, -0.15) is 0 Å². The standard InChI is InChI=1S/C20H30BrNO.C19H30N2O.C18H24N2O.C17H22N2O3.C13H18N2O.C13H18N2/c1-2-10-17-16-22-20-12-11-18(15-19(17)20)23-14-9-7-5-3-4-6-8-13-21;1-3-5-6-7-8-9-10-14-22-18-13-12-17-19(21-18)16(11-4-2)15-20-17;1-3-8-15-14-20-18-10-9-16(13-17(15)18)21-12-7-5-4-6-11-19-2;1-3-5-17(21)22-13-6-7-15-14(10-13)12(11-19-15)8-9-18-16(20)4-2;1-2-6-14-7-5-10-9-15-13-4-3-11(16)8-12(10)13;1-2-8-14-9-7-11-10-15-13-6-4-3-5-12(11)13/h11-12,15-16,22H,2-10,13-14H2,1H3;12-13,15,20H,3-11,14H2,1-2H3;9-10,13-14,20H,3-8,11-12H2,1H3;6-7,10-11,19H,3-5,8-9H2,1-2H3,(H,18,20);3-4,8-9,14-16H,2,5-7H2,1H3;3-6,10,14-15H,2,7-9H2,1H3. The summed E-state index contributed by atoms with van der Waals surface area (Å²) in [7, 11) is 0. The third-order valence-electron chi connectivity index (χ3n) is 21.0. The van der Waals surface area contributed by atoms with E-state index >= 15 is 0 Å². The van der Waals surface area contributed by atoms with Gasteiger partial charge >= 0.3 is 5.97 Å². The zero-order valence-electron chi connectivity index (χ0n) is 73.2. The Hall–Kier alpha value is -9.48. The lowest BCUT2D eigenvalue weighted by atomic mass is 10.1. The number of benzene rings is 5. The molecule has 646 valence electrons. The molecule has 0 aliphatic rings. The van der Waals surface area contributed by atoms with E-state index in [1.807, 2.05) is 62.6 Å². The minimum Gasteiger partial charge on any atom is -0.508 e. The van der Waals surface area contributed by atoms with Crippen LogP contribution in [0.4, 0.5) is 0 Å². The Balaban J connectivity index is 0.000000198. The van der Waals surface area contributed by atoms with E-state index in [1.54, 1.807) is 12.1 Å². The number of nitrogens with zero attached hydrogens (tertiary/aromatic N) is 2. The zero-order valence-corrected chi connectivity index (χ0v) is 74.8. The Morgan fingerprint density at radius 2 is 0.824 bits per heavy atom. The number of phenolic OH excluding ortho intramolecular Hbond substituents is 1. The number of hydrogen-bond donors (Lipinski definition) is 10. The number of para-hydroxylation sites is 1. The predicted molar refractivity (Wildman–Crippen MR) is 503 cm³/mol. The number of ether oxygens (including phenoxy) is 4. The van der Waals surface area contributed by atoms with Gasteiger partial charge in [0.25, 0.3) is 0 Å². The number of fused-ring (bicyclic) bond motifs is 6. The highest BCUT2D eigenvalue weighted by Crippen LogP contribution is 2.30. The summed E-state index contributed by atoms with van der Waals surface area (Å²) in [5.74, 6) is 3.45. The molecule has 0 saturated heterocycles. The van der Waals surface area contributed by atoms with Gasteiger partial charge in [0.2, 0.25) is 18.3 Å². The Morgan fingerprint density at radius 3 is 1.34 bits per heavy atom. The smallest absolute Gasteiger partial charge is 0.311 e. The number of esters is 1. The zero-order chi connectivity index (χ0) is 84.7. The maximum atomic E-state index is 11.6. The average molecular weight is 1690 g/mol. The summed E-state index contributed by atoms with van der Waals surface area (Å²) in [6, 6.07) is 36.2. The van der Waals surface area contributed by atoms with Crippen LogP contribution in [-0.2, 0) is 48.1 Å². The van der Waals surface area contributed by atoms with Crippen LogP contribution in [-0.4, -0.2) is 116 Å². The number of carbonyl (C=O) groups excluding carboxylic acids is 2. The van der Waals surface area contributed by atoms with Crippen molar-refractivity contribution in [2.75, 3.05) is 64.4 Å². The number of rotatable bonds is 49. The first-order chi connectivity index (χ1) is 58.4. The predicted octanol–water partition coefficient (Wildman–Crippen LogP) is 25.3. The molecule has 0 fully saturated rings. The van der Waals surface area contributed by atoms with Gasteiger partial charge in [0.1, 0.15) is 23.0 Å². The molecule has 0 radical (unpaired) electrons. The van der Waals surface area contributed by atoms with Crippen molar-refractivity contribution in [3.63, 3.8) is 0 Å². The quantitative estimate of drug-likeness (QED) is 0.00569. The van der Waals surface area contributed by atoms with Crippen LogP contribution in [0.25, 0.3) is 70.4 Å². The van der Waals surface area contributed by atoms with Crippen LogP contribution in [0.3, 0.4) is 0 Å². The lowest BCUT2D eigenvalue weighted by Gasteiger charge is -2.07. The number of aromatic hydroxyl groups is 1. The number of amides is 1. The lowest BCUT2D eigenvalue weighted by molar-refractivity contribution is -0.134. The van der Waals surface area contributed by atoms with Crippen molar-refractivity contribution in [1.29, 1.82) is 0 Å². The second-order valence-electron chi connectivity index (χ2n) is 30.9. The molecule has 18 nitrogen and oxygen atoms in total. The highest BCUT2D eigenvalue weighted by molar-refractivity contribution is 9.09. The van der Waals surface area contributed by atoms with Crippen LogP contribution in [0.1, 0.15) is 256 Å². The van der Waals surface area contributed by atoms with Gasteiger partial charge in [-0.1, -0.05) is 179 Å². The molecule has 10 N–H and O–H groups in total. The van der Waals surface area contributed by atoms with E-state index < -0.39 is 0 Å². The molecule has 7 aromatic heterocycles. The van der Waals surface area contributed by atoms with Crippen molar-refractivity contribution in [2.45, 2.75) is 261 Å². The first-order valence-electron chi connectivity index (χ1n) is 45.2. The van der Waals surface area contributed by atoms with Gasteiger partial charge in [-0.25, -0.2) is 11.6 Å². The van der Waals surface area contributed by atoms with Crippen molar-refractivity contribution < 1.29 is 33.6 Å². The number of carbonyl (C=O) groups is 2. The molecular formula is C100H142BrN11O7. The highest BCUT2D eigenvalue weighted by Gasteiger charge is 2.13. The third-order valence-corrected chi connectivity index (χ3v) is 21.5. The molecule has 0 saturated carbocycles. The number of halogens is 1. The van der Waals surface area contributed by atoms with Crippen molar-refractivity contribution >= 4 is 93.4 Å². The molecule has 0 bridgehead atoms. The Morgan fingerprint density at radius 1 is 0.403 bits per heavy atom. The van der Waals surface area contributed by atoms with E-state index in [2.05, 4.69) is 199 Å². The first kappa shape index (κ1) is 96.6. The van der Waals surface area contributed by atoms with E-state index in [0.717, 1.165) is 210 Å². The molecule has 19 heteroatoms. The molecule has 12 aromatic rings. The molecule has 0 spiro atoms. The van der Waals surface area contributed by atoms with E-state index in [9.17, 15) is 14.7 Å². The number of H-pyrrole nitrogens is 6. The molecule has 0 unspecified atom stereocenters. The highest BCUT2D eigenvalue weighted by atomic mass is 79.9. The maximum Gasteiger partial charge on any atom is 0.311 e. The number of alkyl halides is 1. The van der Waals surface area contributed by atoms with Crippen molar-refractivity contribution in [3.05, 3.63) is 191 Å². The fourth-order valence-corrected chi connectivity index (χ4v) is 14.8. The minimum atomic E-state index is -0.214. The van der Waals surface area contributed by atoms with Gasteiger partial charge in [0, 0.05) is 129 Å². The first-order valence-corrected chi connectivity index (χ1v) is 46.3. The molecule has 119 heavy (non-hydrogen) atoms. The SMILES string of the molecule is CCCC(=O)Oc1ccc2[nH]cc(CCNC(=O)CC)c2c1.CCCCCCCCCOc1ccc2[nH]cc(CCC)c2n1.CCCNCCc1c[nH]c2ccc(O)cc12.CCCNCCc1c[nH]c2ccccc12.CCCc1c[nH]c2ccc(OCCCCCCCCCBr)cc12.[C-]#[N+]CCCCCCOc1ccc2[nH]cc(CCC)c2c1. The van der Waals surface area contributed by atoms with E-state index in [0.29, 0.717) is 37.4 Å². The molecular weight excluding hydrogens is 1550 g/mol. The Labute approximate surface area is 718 Å². The van der Waals surface area contributed by atoms with Gasteiger partial charge in [-0.3, -0.25) is 9.59 Å². The van der Waals surface area contributed by atoms with Gasteiger partial charge in [0.15, 0.2) is 0 Å². The summed E-state index contributed by atoms with van der Waals surface area (Å²) in [5.41, 5.74) is 15.7. The van der Waals surface area contributed by atoms with Crippen LogP contribution in [0.2, 0.25) is 0 Å². The number of aromatic amines is 6. The fraction of sp³-hybridized carbons (Fsp3) is 0.500. The number of hydrogen-bond acceptors (Lipinski definition) is 10. The van der Waals surface area contributed by atoms with Crippen LogP contribution in [0.5, 0.6) is 28.9 Å². The van der Waals surface area contributed by atoms with Gasteiger partial charge in [-0.15, -0.1) is 0 Å². The largest absolute Gasteiger partial charge is 0.508 e. The number of aromatic nitrogens is 7. The third kappa shape index (κ3) is 35.4. The normalized spacial score (nSPS) is 11.0. The van der Waals surface area contributed by atoms with Crippen LogP contribution < -0.4 is 34.9 Å². The summed E-state index contributed by atoms with van der Waals surface area (Å²) < 4.78 is 22.9. The second-order valence-corrected chi connectivity index (χ2v) is 31.7.